The van der Waals surface area contributed by atoms with Crippen LogP contribution in [-0.2, 0) is 6.42 Å². The number of aromatic amines is 1. The lowest BCUT2D eigenvalue weighted by Crippen LogP contribution is -1.98. The van der Waals surface area contributed by atoms with Crippen molar-refractivity contribution < 1.29 is 9.53 Å². The minimum absolute atomic E-state index is 0.0407. The Bertz CT molecular complexity index is 852. The van der Waals surface area contributed by atoms with Crippen LogP contribution in [0.25, 0.3) is 11.0 Å². The molecule has 4 heteroatoms. The van der Waals surface area contributed by atoms with Crippen LogP contribution < -0.4 is 4.74 Å². The van der Waals surface area contributed by atoms with E-state index in [4.69, 9.17) is 4.74 Å². The molecule has 0 spiro atoms. The zero-order valence-electron chi connectivity index (χ0n) is 14.1. The van der Waals surface area contributed by atoms with Gasteiger partial charge in [-0.05, 0) is 61.6 Å². The second kappa shape index (κ2) is 7.30. The van der Waals surface area contributed by atoms with Gasteiger partial charge >= 0.3 is 0 Å². The van der Waals surface area contributed by atoms with Crippen molar-refractivity contribution in [1.29, 1.82) is 0 Å². The van der Waals surface area contributed by atoms with Crippen LogP contribution in [0.2, 0.25) is 0 Å². The Kier molecular flexibility index (Phi) is 4.94. The highest BCUT2D eigenvalue weighted by molar-refractivity contribution is 5.94. The Morgan fingerprint density at radius 1 is 1.17 bits per heavy atom. The minimum atomic E-state index is -0.0407. The first-order chi connectivity index (χ1) is 11.6. The number of Topliss-reactive ketones (excluding diaryl/α,β-unsaturated/α-hetero) is 1. The number of H-pyrrole nitrogens is 1. The molecule has 0 bridgehead atoms. The number of ketones is 1. The lowest BCUT2D eigenvalue weighted by molar-refractivity contribution is 0.100. The van der Waals surface area contributed by atoms with Crippen molar-refractivity contribution in [2.24, 2.45) is 0 Å². The quantitative estimate of drug-likeness (QED) is 0.515. The van der Waals surface area contributed by atoms with Gasteiger partial charge in [0.25, 0.3) is 0 Å². The van der Waals surface area contributed by atoms with Gasteiger partial charge in [-0.2, -0.15) is 0 Å². The van der Waals surface area contributed by atoms with Crippen LogP contribution in [0.5, 0.6) is 5.75 Å². The van der Waals surface area contributed by atoms with Gasteiger partial charge in [-0.3, -0.25) is 4.79 Å². The summed E-state index contributed by atoms with van der Waals surface area (Å²) in [7, 11) is 0. The van der Waals surface area contributed by atoms with E-state index < -0.39 is 0 Å². The zero-order chi connectivity index (χ0) is 16.9. The van der Waals surface area contributed by atoms with Crippen LogP contribution in [0.1, 0.15) is 41.5 Å². The molecule has 1 heterocycles. The van der Waals surface area contributed by atoms with Gasteiger partial charge in [0.05, 0.1) is 17.6 Å². The summed E-state index contributed by atoms with van der Waals surface area (Å²) in [5, 5.41) is 0. The highest BCUT2D eigenvalue weighted by Gasteiger charge is 2.07. The maximum Gasteiger partial charge on any atom is 0.195 e. The number of carbonyl (C=O) groups is 1. The highest BCUT2D eigenvalue weighted by Crippen LogP contribution is 2.16. The largest absolute Gasteiger partial charge is 0.494 e. The minimum Gasteiger partial charge on any atom is -0.494 e. The molecular weight excluding hydrogens is 300 g/mol. The number of carbonyl (C=O) groups excluding carboxylic acids is 1. The summed E-state index contributed by atoms with van der Waals surface area (Å²) in [6.07, 6.45) is 3.06. The summed E-state index contributed by atoms with van der Waals surface area (Å²) in [5.41, 5.74) is 4.22. The van der Waals surface area contributed by atoms with Crippen LogP contribution in [0, 0.1) is 6.92 Å². The van der Waals surface area contributed by atoms with Crippen LogP contribution in [0.4, 0.5) is 0 Å². The van der Waals surface area contributed by atoms with E-state index in [1.54, 1.807) is 0 Å². The van der Waals surface area contributed by atoms with E-state index in [0.29, 0.717) is 5.82 Å². The molecule has 1 aromatic heterocycles. The Hall–Kier alpha value is -2.62. The molecule has 0 fully saturated rings. The first-order valence-corrected chi connectivity index (χ1v) is 8.31. The van der Waals surface area contributed by atoms with Crippen molar-refractivity contribution in [1.82, 2.24) is 9.97 Å². The van der Waals surface area contributed by atoms with Crippen molar-refractivity contribution >= 4 is 16.8 Å². The van der Waals surface area contributed by atoms with Gasteiger partial charge in [-0.1, -0.05) is 18.2 Å². The van der Waals surface area contributed by atoms with E-state index in [1.165, 1.54) is 18.1 Å². The molecule has 3 rings (SSSR count). The van der Waals surface area contributed by atoms with E-state index in [1.807, 2.05) is 18.2 Å². The number of benzene rings is 2. The summed E-state index contributed by atoms with van der Waals surface area (Å²) < 4.78 is 5.77. The van der Waals surface area contributed by atoms with Gasteiger partial charge in [-0.25, -0.2) is 4.98 Å². The van der Waals surface area contributed by atoms with E-state index in [9.17, 15) is 4.79 Å². The van der Waals surface area contributed by atoms with Gasteiger partial charge in [0.1, 0.15) is 5.75 Å². The lowest BCUT2D eigenvalue weighted by Gasteiger charge is -2.07. The zero-order valence-corrected chi connectivity index (χ0v) is 14.1. The summed E-state index contributed by atoms with van der Waals surface area (Å²) in [5.74, 6) is 1.32. The summed E-state index contributed by atoms with van der Waals surface area (Å²) in [4.78, 5) is 18.7. The lowest BCUT2D eigenvalue weighted by atomic mass is 10.1. The number of aryl methyl sites for hydroxylation is 2. The van der Waals surface area contributed by atoms with E-state index in [2.05, 4.69) is 41.2 Å². The van der Waals surface area contributed by atoms with Crippen LogP contribution >= 0.6 is 0 Å². The number of hydrogen-bond donors (Lipinski definition) is 1. The normalized spacial score (nSPS) is 10.9. The number of fused-ring (bicyclic) bond motifs is 1. The summed E-state index contributed by atoms with van der Waals surface area (Å²) >= 11 is 0. The molecule has 0 atom stereocenters. The fraction of sp³-hybridized carbons (Fsp3) is 0.300. The van der Waals surface area contributed by atoms with Gasteiger partial charge in [0.15, 0.2) is 11.6 Å². The smallest absolute Gasteiger partial charge is 0.195 e. The fourth-order valence-electron chi connectivity index (χ4n) is 2.71. The van der Waals surface area contributed by atoms with E-state index in [0.717, 1.165) is 42.7 Å². The Balaban J connectivity index is 1.49. The number of unbranched alkanes of at least 4 members (excludes halogenated alkanes) is 1. The predicted octanol–water partition coefficient (Wildman–Crippen LogP) is 4.48. The molecule has 0 unspecified atom stereocenters. The Labute approximate surface area is 141 Å². The first kappa shape index (κ1) is 16.2. The topological polar surface area (TPSA) is 55.0 Å². The number of hydrogen-bond acceptors (Lipinski definition) is 3. The number of imidazole rings is 1. The fourth-order valence-corrected chi connectivity index (χ4v) is 2.71. The second-order valence-corrected chi connectivity index (χ2v) is 6.12. The SMILES string of the molecule is CC(=O)c1nc2ccc(CCCCOc3cccc(C)c3)cc2[nH]1. The third kappa shape index (κ3) is 4.02. The number of ether oxygens (including phenoxy) is 1. The standard InChI is InChI=1S/C20H22N2O2/c1-14-6-5-8-17(12-14)24-11-4-3-7-16-9-10-18-19(13-16)22-20(21-18)15(2)23/h5-6,8-10,12-13H,3-4,7,11H2,1-2H3,(H,21,22). The number of rotatable bonds is 7. The molecule has 0 aliphatic rings. The molecule has 4 nitrogen and oxygen atoms in total. The third-order valence-corrected chi connectivity index (χ3v) is 4.00. The Morgan fingerprint density at radius 2 is 2.04 bits per heavy atom. The van der Waals surface area contributed by atoms with Crippen molar-refractivity contribution in [3.63, 3.8) is 0 Å². The van der Waals surface area contributed by atoms with Gasteiger partial charge in [0, 0.05) is 6.92 Å². The Morgan fingerprint density at radius 3 is 2.83 bits per heavy atom. The summed E-state index contributed by atoms with van der Waals surface area (Å²) in [6, 6.07) is 14.3. The predicted molar refractivity (Wildman–Crippen MR) is 95.7 cm³/mol. The van der Waals surface area contributed by atoms with Crippen molar-refractivity contribution in [2.75, 3.05) is 6.61 Å². The number of nitrogens with one attached hydrogen (secondary N) is 1. The molecule has 0 saturated heterocycles. The van der Waals surface area contributed by atoms with Crippen LogP contribution in [-0.4, -0.2) is 22.4 Å². The molecule has 0 aliphatic carbocycles. The molecule has 0 aliphatic heterocycles. The first-order valence-electron chi connectivity index (χ1n) is 8.31. The number of aromatic nitrogens is 2. The molecule has 0 radical (unpaired) electrons. The van der Waals surface area contributed by atoms with Gasteiger partial charge in [0.2, 0.25) is 0 Å². The third-order valence-electron chi connectivity index (χ3n) is 4.00. The van der Waals surface area contributed by atoms with E-state index >= 15 is 0 Å². The van der Waals surface area contributed by atoms with Crippen molar-refractivity contribution in [3.05, 3.63) is 59.4 Å². The van der Waals surface area contributed by atoms with Gasteiger partial charge < -0.3 is 9.72 Å². The molecule has 0 amide bonds. The highest BCUT2D eigenvalue weighted by atomic mass is 16.5. The molecule has 24 heavy (non-hydrogen) atoms. The second-order valence-electron chi connectivity index (χ2n) is 6.12. The molecule has 1 N–H and O–H groups in total. The van der Waals surface area contributed by atoms with E-state index in [-0.39, 0.29) is 5.78 Å². The summed E-state index contributed by atoms with van der Waals surface area (Å²) in [6.45, 7) is 4.31. The van der Waals surface area contributed by atoms with Crippen molar-refractivity contribution in [3.8, 4) is 5.75 Å². The van der Waals surface area contributed by atoms with Crippen LogP contribution in [0.15, 0.2) is 42.5 Å². The van der Waals surface area contributed by atoms with Crippen molar-refractivity contribution in [2.45, 2.75) is 33.1 Å². The van der Waals surface area contributed by atoms with Gasteiger partial charge in [-0.15, -0.1) is 0 Å². The monoisotopic (exact) mass is 322 g/mol. The maximum absolute atomic E-state index is 11.4. The molecule has 3 aromatic rings. The molecular formula is C20H22N2O2. The number of nitrogens with zero attached hydrogens (tertiary/aromatic N) is 1. The average molecular weight is 322 g/mol. The molecule has 2 aromatic carbocycles. The maximum atomic E-state index is 11.4. The van der Waals surface area contributed by atoms with Crippen LogP contribution in [0.3, 0.4) is 0 Å². The molecule has 124 valence electrons. The molecule has 0 saturated carbocycles. The average Bonchev–Trinajstić information content (AvgIpc) is 2.98.